The number of rotatable bonds is 3. The van der Waals surface area contributed by atoms with E-state index in [4.69, 9.17) is 0 Å². The molecule has 2 bridgehead atoms. The molecule has 3 fully saturated rings. The van der Waals surface area contributed by atoms with Crippen molar-refractivity contribution in [1.29, 1.82) is 0 Å². The molecule has 0 spiro atoms. The Bertz CT molecular complexity index is 290. The fourth-order valence-electron chi connectivity index (χ4n) is 4.38. The molecule has 3 aliphatic rings. The maximum absolute atomic E-state index is 11.6. The van der Waals surface area contributed by atoms with Gasteiger partial charge in [0.25, 0.3) is 0 Å². The molecule has 0 aromatic carbocycles. The van der Waals surface area contributed by atoms with Gasteiger partial charge in [0.1, 0.15) is 5.78 Å². The summed E-state index contributed by atoms with van der Waals surface area (Å²) in [5.74, 6) is 2.45. The molecule has 2 nitrogen and oxygen atoms in total. The molecule has 2 aliphatic heterocycles. The van der Waals surface area contributed by atoms with Crippen molar-refractivity contribution in [3.63, 3.8) is 0 Å². The Morgan fingerprint density at radius 1 is 1.00 bits per heavy atom. The molecule has 2 unspecified atom stereocenters. The number of ketones is 1. The molecule has 0 radical (unpaired) electrons. The number of Topliss-reactive ketones (excluding diaryl/α,β-unsaturated/α-hetero) is 1. The average Bonchev–Trinajstić information content (AvgIpc) is 2.60. The van der Waals surface area contributed by atoms with Gasteiger partial charge in [0.2, 0.25) is 0 Å². The second-order valence-electron chi connectivity index (χ2n) is 6.98. The molecule has 18 heavy (non-hydrogen) atoms. The minimum Gasteiger partial charge on any atom is -0.300 e. The van der Waals surface area contributed by atoms with E-state index < -0.39 is 0 Å². The second kappa shape index (κ2) is 5.32. The number of hydrogen-bond acceptors (Lipinski definition) is 2. The van der Waals surface area contributed by atoms with Crippen LogP contribution < -0.4 is 0 Å². The van der Waals surface area contributed by atoms with E-state index in [2.05, 4.69) is 11.8 Å². The van der Waals surface area contributed by atoms with E-state index in [1.165, 1.54) is 51.5 Å². The Balaban J connectivity index is 1.47. The first-order chi connectivity index (χ1) is 8.72. The molecule has 1 aliphatic carbocycles. The van der Waals surface area contributed by atoms with E-state index in [1.54, 1.807) is 0 Å². The zero-order chi connectivity index (χ0) is 12.5. The van der Waals surface area contributed by atoms with Gasteiger partial charge in [-0.05, 0) is 37.6 Å². The Morgan fingerprint density at radius 2 is 1.61 bits per heavy atom. The van der Waals surface area contributed by atoms with Gasteiger partial charge >= 0.3 is 0 Å². The van der Waals surface area contributed by atoms with Crippen molar-refractivity contribution in [2.45, 2.75) is 76.8 Å². The summed E-state index contributed by atoms with van der Waals surface area (Å²) in [6.45, 7) is 3.66. The first kappa shape index (κ1) is 12.7. The SMILES string of the molecule is CC1CCC(CCN2C3CCC2CC(=O)C3)CC1. The summed E-state index contributed by atoms with van der Waals surface area (Å²) >= 11 is 0. The molecule has 102 valence electrons. The Morgan fingerprint density at radius 3 is 2.22 bits per heavy atom. The van der Waals surface area contributed by atoms with Crippen LogP contribution in [0.25, 0.3) is 0 Å². The molecule has 2 atom stereocenters. The van der Waals surface area contributed by atoms with Crippen LogP contribution in [0.15, 0.2) is 0 Å². The third-order valence-electron chi connectivity index (χ3n) is 5.63. The van der Waals surface area contributed by atoms with Gasteiger partial charge in [-0.25, -0.2) is 0 Å². The molecule has 0 amide bonds. The fourth-order valence-corrected chi connectivity index (χ4v) is 4.38. The third-order valence-corrected chi connectivity index (χ3v) is 5.63. The molecule has 0 aromatic heterocycles. The molecule has 0 N–H and O–H groups in total. The average molecular weight is 249 g/mol. The van der Waals surface area contributed by atoms with Crippen LogP contribution in [-0.4, -0.2) is 29.3 Å². The number of nitrogens with zero attached hydrogens (tertiary/aromatic N) is 1. The van der Waals surface area contributed by atoms with Crippen LogP contribution in [0.1, 0.15) is 64.7 Å². The number of carbonyl (C=O) groups is 1. The number of carbonyl (C=O) groups excluding carboxylic acids is 1. The summed E-state index contributed by atoms with van der Waals surface area (Å²) < 4.78 is 0. The van der Waals surface area contributed by atoms with E-state index in [-0.39, 0.29) is 0 Å². The molecular weight excluding hydrogens is 222 g/mol. The number of piperidine rings is 1. The molecule has 2 heterocycles. The van der Waals surface area contributed by atoms with Crippen LogP contribution in [-0.2, 0) is 4.79 Å². The lowest BCUT2D eigenvalue weighted by Gasteiger charge is -2.35. The van der Waals surface area contributed by atoms with Crippen LogP contribution in [0.2, 0.25) is 0 Å². The number of fused-ring (bicyclic) bond motifs is 2. The molecule has 0 aromatic rings. The monoisotopic (exact) mass is 249 g/mol. The Labute approximate surface area is 111 Å². The third kappa shape index (κ3) is 2.64. The summed E-state index contributed by atoms with van der Waals surface area (Å²) in [6.07, 6.45) is 11.4. The molecular formula is C16H27NO. The zero-order valence-electron chi connectivity index (χ0n) is 11.7. The van der Waals surface area contributed by atoms with Crippen LogP contribution in [0.3, 0.4) is 0 Å². The van der Waals surface area contributed by atoms with Gasteiger partial charge in [0.05, 0.1) is 0 Å². The molecule has 2 heteroatoms. The number of hydrogen-bond donors (Lipinski definition) is 0. The van der Waals surface area contributed by atoms with Crippen molar-refractivity contribution in [3.05, 3.63) is 0 Å². The van der Waals surface area contributed by atoms with E-state index >= 15 is 0 Å². The Kier molecular flexibility index (Phi) is 3.74. The summed E-state index contributed by atoms with van der Waals surface area (Å²) in [6, 6.07) is 1.22. The highest BCUT2D eigenvalue weighted by Gasteiger charge is 2.39. The smallest absolute Gasteiger partial charge is 0.136 e. The van der Waals surface area contributed by atoms with Crippen molar-refractivity contribution >= 4 is 5.78 Å². The predicted octanol–water partition coefficient (Wildman–Crippen LogP) is 3.40. The van der Waals surface area contributed by atoms with E-state index in [0.29, 0.717) is 17.9 Å². The minimum absolute atomic E-state index is 0.519. The van der Waals surface area contributed by atoms with Crippen LogP contribution in [0.4, 0.5) is 0 Å². The largest absolute Gasteiger partial charge is 0.300 e. The van der Waals surface area contributed by atoms with Gasteiger partial charge in [-0.2, -0.15) is 0 Å². The van der Waals surface area contributed by atoms with Gasteiger partial charge in [-0.15, -0.1) is 0 Å². The summed E-state index contributed by atoms with van der Waals surface area (Å²) in [7, 11) is 0. The quantitative estimate of drug-likeness (QED) is 0.764. The van der Waals surface area contributed by atoms with Gasteiger partial charge < -0.3 is 0 Å². The lowest BCUT2D eigenvalue weighted by Crippen LogP contribution is -2.44. The van der Waals surface area contributed by atoms with Gasteiger partial charge in [-0.3, -0.25) is 9.69 Å². The highest BCUT2D eigenvalue weighted by atomic mass is 16.1. The summed E-state index contributed by atoms with van der Waals surface area (Å²) in [5, 5.41) is 0. The standard InChI is InChI=1S/C16H27NO/c1-12-2-4-13(5-3-12)8-9-17-14-6-7-15(17)11-16(18)10-14/h12-15H,2-11H2,1H3. The van der Waals surface area contributed by atoms with Crippen LogP contribution in [0, 0.1) is 11.8 Å². The van der Waals surface area contributed by atoms with Gasteiger partial charge in [0.15, 0.2) is 0 Å². The predicted molar refractivity (Wildman–Crippen MR) is 73.5 cm³/mol. The van der Waals surface area contributed by atoms with Crippen molar-refractivity contribution < 1.29 is 4.79 Å². The highest BCUT2D eigenvalue weighted by molar-refractivity contribution is 5.80. The van der Waals surface area contributed by atoms with E-state index in [0.717, 1.165) is 24.7 Å². The van der Waals surface area contributed by atoms with Crippen LogP contribution >= 0.6 is 0 Å². The molecule has 1 saturated carbocycles. The van der Waals surface area contributed by atoms with Crippen molar-refractivity contribution in [1.82, 2.24) is 4.90 Å². The van der Waals surface area contributed by atoms with Gasteiger partial charge in [-0.1, -0.05) is 32.6 Å². The summed E-state index contributed by atoms with van der Waals surface area (Å²) in [5.41, 5.74) is 0. The van der Waals surface area contributed by atoms with E-state index in [9.17, 15) is 4.79 Å². The fraction of sp³-hybridized carbons (Fsp3) is 0.938. The first-order valence-corrected chi connectivity index (χ1v) is 8.00. The van der Waals surface area contributed by atoms with Crippen LogP contribution in [0.5, 0.6) is 0 Å². The second-order valence-corrected chi connectivity index (χ2v) is 6.98. The Hall–Kier alpha value is -0.370. The van der Waals surface area contributed by atoms with Crippen molar-refractivity contribution in [2.75, 3.05) is 6.54 Å². The molecule has 2 saturated heterocycles. The maximum atomic E-state index is 11.6. The van der Waals surface area contributed by atoms with Crippen molar-refractivity contribution in [3.8, 4) is 0 Å². The van der Waals surface area contributed by atoms with E-state index in [1.807, 2.05) is 0 Å². The lowest BCUT2D eigenvalue weighted by molar-refractivity contribution is -0.123. The highest BCUT2D eigenvalue weighted by Crippen LogP contribution is 2.36. The van der Waals surface area contributed by atoms with Crippen molar-refractivity contribution in [2.24, 2.45) is 11.8 Å². The lowest BCUT2D eigenvalue weighted by atomic mass is 9.81. The zero-order valence-corrected chi connectivity index (χ0v) is 11.7. The first-order valence-electron chi connectivity index (χ1n) is 8.00. The van der Waals surface area contributed by atoms with Gasteiger partial charge in [0, 0.05) is 24.9 Å². The normalized spacial score (nSPS) is 41.3. The molecule has 3 rings (SSSR count). The summed E-state index contributed by atoms with van der Waals surface area (Å²) in [4.78, 5) is 14.3. The topological polar surface area (TPSA) is 20.3 Å². The minimum atomic E-state index is 0.519. The maximum Gasteiger partial charge on any atom is 0.136 e.